The Morgan fingerprint density at radius 3 is 2.59 bits per heavy atom. The lowest BCUT2D eigenvalue weighted by molar-refractivity contribution is -0.133. The number of hydrogen-bond donors (Lipinski definition) is 1. The molecule has 1 aromatic carbocycles. The van der Waals surface area contributed by atoms with Crippen LogP contribution in [0.15, 0.2) is 30.3 Å². The van der Waals surface area contributed by atoms with Crippen LogP contribution in [0.2, 0.25) is 0 Å². The first-order valence-electron chi connectivity index (χ1n) is 5.52. The van der Waals surface area contributed by atoms with Crippen molar-refractivity contribution in [1.29, 1.82) is 0 Å². The van der Waals surface area contributed by atoms with Crippen molar-refractivity contribution in [3.8, 4) is 0 Å². The fourth-order valence-corrected chi connectivity index (χ4v) is 1.66. The van der Waals surface area contributed by atoms with Crippen LogP contribution >= 0.6 is 0 Å². The molecule has 0 radical (unpaired) electrons. The minimum Gasteiger partial charge on any atom is -0.342 e. The van der Waals surface area contributed by atoms with E-state index in [4.69, 9.17) is 0 Å². The summed E-state index contributed by atoms with van der Waals surface area (Å²) in [5, 5.41) is 2.76. The molecule has 5 heteroatoms. The molecule has 0 atom stereocenters. The first kappa shape index (κ1) is 11.4. The number of amides is 3. The summed E-state index contributed by atoms with van der Waals surface area (Å²) in [6.45, 7) is 1.30. The van der Waals surface area contributed by atoms with Gasteiger partial charge in [-0.25, -0.2) is 4.79 Å². The van der Waals surface area contributed by atoms with Gasteiger partial charge in [0.15, 0.2) is 0 Å². The molecule has 90 valence electrons. The smallest absolute Gasteiger partial charge is 0.322 e. The molecule has 0 aromatic heterocycles. The first-order valence-corrected chi connectivity index (χ1v) is 5.52. The predicted octanol–water partition coefficient (Wildman–Crippen LogP) is 0.992. The zero-order valence-corrected chi connectivity index (χ0v) is 9.72. The summed E-state index contributed by atoms with van der Waals surface area (Å²) in [6.07, 6.45) is 0. The number of hydrogen-bond acceptors (Lipinski definition) is 2. The van der Waals surface area contributed by atoms with Crippen molar-refractivity contribution in [1.82, 2.24) is 9.80 Å². The fraction of sp³-hybridized carbons (Fsp3) is 0.333. The van der Waals surface area contributed by atoms with Gasteiger partial charge in [0, 0.05) is 25.8 Å². The Balaban J connectivity index is 1.95. The Hall–Kier alpha value is -2.04. The lowest BCUT2D eigenvalue weighted by atomic mass is 10.3. The zero-order valence-electron chi connectivity index (χ0n) is 9.72. The lowest BCUT2D eigenvalue weighted by Crippen LogP contribution is -2.51. The Bertz CT molecular complexity index is 419. The van der Waals surface area contributed by atoms with Crippen molar-refractivity contribution in [3.63, 3.8) is 0 Å². The third kappa shape index (κ3) is 2.75. The van der Waals surface area contributed by atoms with Gasteiger partial charge >= 0.3 is 6.03 Å². The van der Waals surface area contributed by atoms with Crippen LogP contribution in [0.3, 0.4) is 0 Å². The summed E-state index contributed by atoms with van der Waals surface area (Å²) in [7, 11) is 1.74. The van der Waals surface area contributed by atoms with Gasteiger partial charge in [-0.05, 0) is 12.1 Å². The van der Waals surface area contributed by atoms with Crippen LogP contribution in [0, 0.1) is 0 Å². The number of nitrogens with zero attached hydrogens (tertiary/aromatic N) is 2. The Labute approximate surface area is 100 Å². The van der Waals surface area contributed by atoms with E-state index in [0.29, 0.717) is 13.1 Å². The van der Waals surface area contributed by atoms with E-state index in [-0.39, 0.29) is 18.5 Å². The van der Waals surface area contributed by atoms with Crippen LogP contribution in [0.4, 0.5) is 10.5 Å². The number of carbonyl (C=O) groups excluding carboxylic acids is 2. The van der Waals surface area contributed by atoms with Crippen LogP contribution in [0.1, 0.15) is 0 Å². The number of benzene rings is 1. The number of nitrogens with one attached hydrogen (secondary N) is 1. The van der Waals surface area contributed by atoms with Gasteiger partial charge in [-0.15, -0.1) is 0 Å². The molecule has 0 saturated carbocycles. The highest BCUT2D eigenvalue weighted by Crippen LogP contribution is 2.08. The van der Waals surface area contributed by atoms with Gasteiger partial charge < -0.3 is 15.1 Å². The quantitative estimate of drug-likeness (QED) is 0.786. The monoisotopic (exact) mass is 233 g/mol. The van der Waals surface area contributed by atoms with Gasteiger partial charge in [0.1, 0.15) is 6.54 Å². The molecule has 0 bridgehead atoms. The maximum absolute atomic E-state index is 11.9. The second-order valence-electron chi connectivity index (χ2n) is 4.03. The molecule has 1 heterocycles. The summed E-state index contributed by atoms with van der Waals surface area (Å²) < 4.78 is 0. The van der Waals surface area contributed by atoms with Crippen LogP contribution < -0.4 is 5.32 Å². The molecule has 3 amide bonds. The predicted molar refractivity (Wildman–Crippen MR) is 64.7 cm³/mol. The molecule has 5 nitrogen and oxygen atoms in total. The second-order valence-corrected chi connectivity index (χ2v) is 4.03. The van der Waals surface area contributed by atoms with E-state index in [9.17, 15) is 9.59 Å². The third-order valence-electron chi connectivity index (χ3n) is 2.77. The Morgan fingerprint density at radius 1 is 1.24 bits per heavy atom. The number of para-hydroxylation sites is 1. The van der Waals surface area contributed by atoms with Crippen molar-refractivity contribution in [2.45, 2.75) is 0 Å². The molecule has 17 heavy (non-hydrogen) atoms. The number of anilines is 1. The van der Waals surface area contributed by atoms with E-state index >= 15 is 0 Å². The van der Waals surface area contributed by atoms with E-state index in [2.05, 4.69) is 5.32 Å². The topological polar surface area (TPSA) is 52.6 Å². The maximum atomic E-state index is 11.9. The van der Waals surface area contributed by atoms with Gasteiger partial charge in [-0.1, -0.05) is 18.2 Å². The number of likely N-dealkylation sites (N-methyl/N-ethyl adjacent to an activating group) is 1. The zero-order chi connectivity index (χ0) is 12.3. The van der Waals surface area contributed by atoms with Gasteiger partial charge in [-0.2, -0.15) is 0 Å². The maximum Gasteiger partial charge on any atom is 0.322 e. The van der Waals surface area contributed by atoms with Crippen molar-refractivity contribution in [2.75, 3.05) is 32.0 Å². The van der Waals surface area contributed by atoms with Crippen molar-refractivity contribution in [3.05, 3.63) is 30.3 Å². The third-order valence-corrected chi connectivity index (χ3v) is 2.77. The molecular weight excluding hydrogens is 218 g/mol. The highest BCUT2D eigenvalue weighted by Gasteiger charge is 2.24. The van der Waals surface area contributed by atoms with E-state index in [1.54, 1.807) is 11.9 Å². The molecule has 1 saturated heterocycles. The second kappa shape index (κ2) is 4.86. The standard InChI is InChI=1S/C12H15N3O2/c1-14-7-8-15(9-11(14)16)12(17)13-10-5-3-2-4-6-10/h2-6H,7-9H2,1H3,(H,13,17). The molecule has 0 spiro atoms. The highest BCUT2D eigenvalue weighted by molar-refractivity contribution is 5.92. The fourth-order valence-electron chi connectivity index (χ4n) is 1.66. The van der Waals surface area contributed by atoms with E-state index in [1.165, 1.54) is 4.90 Å². The van der Waals surface area contributed by atoms with Crippen LogP contribution in [0.5, 0.6) is 0 Å². The van der Waals surface area contributed by atoms with E-state index < -0.39 is 0 Å². The molecule has 1 fully saturated rings. The normalized spacial score (nSPS) is 15.9. The molecular formula is C12H15N3O2. The number of carbonyl (C=O) groups is 2. The molecule has 1 aliphatic rings. The summed E-state index contributed by atoms with van der Waals surface area (Å²) in [4.78, 5) is 26.5. The largest absolute Gasteiger partial charge is 0.342 e. The Morgan fingerprint density at radius 2 is 1.94 bits per heavy atom. The number of urea groups is 1. The lowest BCUT2D eigenvalue weighted by Gasteiger charge is -2.31. The summed E-state index contributed by atoms with van der Waals surface area (Å²) in [5.41, 5.74) is 0.740. The van der Waals surface area contributed by atoms with Crippen molar-refractivity contribution >= 4 is 17.6 Å². The summed E-state index contributed by atoms with van der Waals surface area (Å²) >= 11 is 0. The van der Waals surface area contributed by atoms with E-state index in [1.807, 2.05) is 30.3 Å². The molecule has 1 aliphatic heterocycles. The van der Waals surface area contributed by atoms with Crippen LogP contribution in [-0.4, -0.2) is 48.4 Å². The first-order chi connectivity index (χ1) is 8.16. The molecule has 1 aromatic rings. The molecule has 1 N–H and O–H groups in total. The number of piperazine rings is 1. The molecule has 2 rings (SSSR count). The van der Waals surface area contributed by atoms with Crippen LogP contribution in [-0.2, 0) is 4.79 Å². The van der Waals surface area contributed by atoms with Gasteiger partial charge in [0.25, 0.3) is 0 Å². The van der Waals surface area contributed by atoms with Crippen molar-refractivity contribution in [2.24, 2.45) is 0 Å². The van der Waals surface area contributed by atoms with E-state index in [0.717, 1.165) is 5.69 Å². The summed E-state index contributed by atoms with van der Waals surface area (Å²) in [6, 6.07) is 8.99. The molecule has 0 aliphatic carbocycles. The van der Waals surface area contributed by atoms with Gasteiger partial charge in [0.05, 0.1) is 0 Å². The average Bonchev–Trinajstić information content (AvgIpc) is 2.34. The minimum atomic E-state index is -0.224. The number of rotatable bonds is 1. The highest BCUT2D eigenvalue weighted by atomic mass is 16.2. The summed E-state index contributed by atoms with van der Waals surface area (Å²) in [5.74, 6) is -0.0283. The average molecular weight is 233 g/mol. The Kier molecular flexibility index (Phi) is 3.27. The van der Waals surface area contributed by atoms with Gasteiger partial charge in [-0.3, -0.25) is 4.79 Å². The van der Waals surface area contributed by atoms with Crippen molar-refractivity contribution < 1.29 is 9.59 Å². The van der Waals surface area contributed by atoms with Gasteiger partial charge in [0.2, 0.25) is 5.91 Å². The SMILES string of the molecule is CN1CCN(C(=O)Nc2ccccc2)CC1=O. The molecule has 0 unspecified atom stereocenters. The minimum absolute atomic E-state index is 0.0283. The van der Waals surface area contributed by atoms with Crippen LogP contribution in [0.25, 0.3) is 0 Å².